The molecule has 0 radical (unpaired) electrons. The van der Waals surface area contributed by atoms with Gasteiger partial charge in [0.1, 0.15) is 17.2 Å². The fourth-order valence-corrected chi connectivity index (χ4v) is 3.27. The van der Waals surface area contributed by atoms with Crippen molar-refractivity contribution in [3.8, 4) is 23.3 Å². The van der Waals surface area contributed by atoms with Gasteiger partial charge in [0.2, 0.25) is 5.91 Å². The van der Waals surface area contributed by atoms with Crippen LogP contribution in [0.4, 0.5) is 5.69 Å². The van der Waals surface area contributed by atoms with Crippen molar-refractivity contribution in [2.45, 2.75) is 0 Å². The predicted octanol–water partition coefficient (Wildman–Crippen LogP) is 5.43. The molecule has 0 spiro atoms. The van der Waals surface area contributed by atoms with Crippen LogP contribution in [0.25, 0.3) is 0 Å². The van der Waals surface area contributed by atoms with Crippen LogP contribution in [0.3, 0.4) is 0 Å². The topological polar surface area (TPSA) is 114 Å². The summed E-state index contributed by atoms with van der Waals surface area (Å²) < 4.78 is 11.2. The quantitative estimate of drug-likeness (QED) is 0.458. The van der Waals surface area contributed by atoms with E-state index in [2.05, 4.69) is 5.32 Å². The van der Waals surface area contributed by atoms with Gasteiger partial charge in [0.15, 0.2) is 6.61 Å². The number of halogens is 3. The van der Waals surface area contributed by atoms with Crippen molar-refractivity contribution in [1.82, 2.24) is 0 Å². The number of carbonyl (C=O) groups excluding carboxylic acids is 2. The lowest BCUT2D eigenvalue weighted by atomic mass is 10.2. The number of nitrogens with two attached hydrogens (primary N) is 1. The molecule has 0 aromatic heterocycles. The summed E-state index contributed by atoms with van der Waals surface area (Å²) in [4.78, 5) is 23.4. The second-order valence-corrected chi connectivity index (χ2v) is 7.69. The highest BCUT2D eigenvalue weighted by molar-refractivity contribution is 6.34. The molecule has 0 aliphatic heterocycles. The number of nitrogens with zero attached hydrogens (tertiary/aromatic N) is 1. The Morgan fingerprint density at radius 2 is 1.59 bits per heavy atom. The minimum absolute atomic E-state index is 0.159. The first-order chi connectivity index (χ1) is 15.2. The zero-order valence-electron chi connectivity index (χ0n) is 16.2. The van der Waals surface area contributed by atoms with Crippen LogP contribution in [0, 0.1) is 11.3 Å². The Balaban J connectivity index is 1.66. The number of ether oxygens (including phenoxy) is 2. The molecule has 3 rings (SSSR count). The molecule has 10 heteroatoms. The molecule has 32 heavy (non-hydrogen) atoms. The van der Waals surface area contributed by atoms with Crippen molar-refractivity contribution in [2.24, 2.45) is 5.73 Å². The first-order valence-corrected chi connectivity index (χ1v) is 10.1. The normalized spacial score (nSPS) is 10.2. The van der Waals surface area contributed by atoms with E-state index in [-0.39, 0.29) is 22.9 Å². The smallest absolute Gasteiger partial charge is 0.262 e. The van der Waals surface area contributed by atoms with E-state index in [0.29, 0.717) is 32.8 Å². The number of rotatable bonds is 7. The summed E-state index contributed by atoms with van der Waals surface area (Å²) in [5, 5.41) is 12.4. The molecule has 3 N–H and O–H groups in total. The van der Waals surface area contributed by atoms with Crippen molar-refractivity contribution in [3.63, 3.8) is 0 Å². The summed E-state index contributed by atoms with van der Waals surface area (Å²) >= 11 is 18.2. The average Bonchev–Trinajstić information content (AvgIpc) is 2.72. The van der Waals surface area contributed by atoms with Gasteiger partial charge in [-0.15, -0.1) is 0 Å². The Morgan fingerprint density at radius 3 is 2.25 bits per heavy atom. The van der Waals surface area contributed by atoms with E-state index >= 15 is 0 Å². The van der Waals surface area contributed by atoms with Gasteiger partial charge in [-0.05, 0) is 48.5 Å². The zero-order chi connectivity index (χ0) is 23.3. The van der Waals surface area contributed by atoms with Crippen LogP contribution in [0.15, 0.2) is 54.6 Å². The number of nitriles is 1. The summed E-state index contributed by atoms with van der Waals surface area (Å²) in [6.45, 7) is -0.344. The molecule has 7 nitrogen and oxygen atoms in total. The van der Waals surface area contributed by atoms with Crippen molar-refractivity contribution >= 4 is 52.3 Å². The number of nitrogens with one attached hydrogen (secondary N) is 1. The van der Waals surface area contributed by atoms with Gasteiger partial charge >= 0.3 is 0 Å². The van der Waals surface area contributed by atoms with Crippen LogP contribution in [0.1, 0.15) is 15.9 Å². The maximum Gasteiger partial charge on any atom is 0.262 e. The average molecular weight is 491 g/mol. The molecule has 0 aliphatic rings. The summed E-state index contributed by atoms with van der Waals surface area (Å²) in [6.07, 6.45) is 0. The Labute approximate surface area is 198 Å². The van der Waals surface area contributed by atoms with E-state index in [4.69, 9.17) is 55.3 Å². The largest absolute Gasteiger partial charge is 0.484 e. The van der Waals surface area contributed by atoms with Gasteiger partial charge in [0, 0.05) is 21.7 Å². The fourth-order valence-electron chi connectivity index (χ4n) is 2.61. The predicted molar refractivity (Wildman–Crippen MR) is 122 cm³/mol. The molecule has 0 fully saturated rings. The summed E-state index contributed by atoms with van der Waals surface area (Å²) in [5.74, 6) is -0.179. The third-order valence-corrected chi connectivity index (χ3v) is 4.73. The lowest BCUT2D eigenvalue weighted by Crippen LogP contribution is -2.20. The minimum Gasteiger partial charge on any atom is -0.484 e. The zero-order valence-corrected chi connectivity index (χ0v) is 18.5. The SMILES string of the molecule is N#Cc1cc(Cl)cc(Oc2cc(Cl)cc(OCC(=O)Nc3ccc(C(N)=O)cc3Cl)c2)c1. The first kappa shape index (κ1) is 23.2. The Bertz CT molecular complexity index is 1240. The van der Waals surface area contributed by atoms with Crippen LogP contribution in [0.2, 0.25) is 15.1 Å². The van der Waals surface area contributed by atoms with E-state index in [1.165, 1.54) is 42.5 Å². The number of hydrogen-bond donors (Lipinski definition) is 2. The molecule has 0 atom stereocenters. The lowest BCUT2D eigenvalue weighted by molar-refractivity contribution is -0.118. The second kappa shape index (κ2) is 10.2. The van der Waals surface area contributed by atoms with Gasteiger partial charge in [0.05, 0.1) is 22.3 Å². The van der Waals surface area contributed by atoms with Crippen molar-refractivity contribution in [1.29, 1.82) is 5.26 Å². The maximum atomic E-state index is 12.2. The molecule has 162 valence electrons. The molecule has 3 aromatic rings. The summed E-state index contributed by atoms with van der Waals surface area (Å²) in [5.41, 5.74) is 6.05. The standard InChI is InChI=1S/C22H14Cl3N3O4/c23-14-3-12(10-26)4-17(7-14)32-18-8-15(24)6-16(9-18)31-11-21(29)28-20-2-1-13(22(27)30)5-19(20)25/h1-9H,11H2,(H2,27,30)(H,28,29). The monoisotopic (exact) mass is 489 g/mol. The molecule has 0 aliphatic carbocycles. The Morgan fingerprint density at radius 1 is 0.938 bits per heavy atom. The number of carbonyl (C=O) groups is 2. The van der Waals surface area contributed by atoms with E-state index in [0.717, 1.165) is 0 Å². The highest BCUT2D eigenvalue weighted by Gasteiger charge is 2.11. The molecular formula is C22H14Cl3N3O4. The second-order valence-electron chi connectivity index (χ2n) is 6.41. The molecule has 3 aromatic carbocycles. The maximum absolute atomic E-state index is 12.2. The highest BCUT2D eigenvalue weighted by Crippen LogP contribution is 2.31. The third kappa shape index (κ3) is 6.28. The van der Waals surface area contributed by atoms with Crippen LogP contribution in [0.5, 0.6) is 17.2 Å². The molecule has 0 unspecified atom stereocenters. The Hall–Kier alpha value is -3.44. The van der Waals surface area contributed by atoms with Gasteiger partial charge < -0.3 is 20.5 Å². The van der Waals surface area contributed by atoms with Crippen molar-refractivity contribution in [3.05, 3.63) is 80.8 Å². The van der Waals surface area contributed by atoms with Gasteiger partial charge in [-0.25, -0.2) is 0 Å². The first-order valence-electron chi connectivity index (χ1n) is 8.94. The molecule has 0 saturated carbocycles. The van der Waals surface area contributed by atoms with Gasteiger partial charge in [-0.1, -0.05) is 34.8 Å². The van der Waals surface area contributed by atoms with Crippen LogP contribution in [-0.4, -0.2) is 18.4 Å². The summed E-state index contributed by atoms with van der Waals surface area (Å²) in [6, 6.07) is 15.4. The summed E-state index contributed by atoms with van der Waals surface area (Å²) in [7, 11) is 0. The van der Waals surface area contributed by atoms with E-state index in [9.17, 15) is 9.59 Å². The van der Waals surface area contributed by atoms with Crippen LogP contribution >= 0.6 is 34.8 Å². The Kier molecular flexibility index (Phi) is 7.44. The molecule has 0 bridgehead atoms. The number of amides is 2. The van der Waals surface area contributed by atoms with Crippen molar-refractivity contribution < 1.29 is 19.1 Å². The third-order valence-electron chi connectivity index (χ3n) is 3.98. The highest BCUT2D eigenvalue weighted by atomic mass is 35.5. The molecule has 0 saturated heterocycles. The van der Waals surface area contributed by atoms with Crippen LogP contribution in [-0.2, 0) is 4.79 Å². The number of hydrogen-bond acceptors (Lipinski definition) is 5. The number of anilines is 1. The van der Waals surface area contributed by atoms with E-state index < -0.39 is 11.8 Å². The van der Waals surface area contributed by atoms with E-state index in [1.54, 1.807) is 12.1 Å². The van der Waals surface area contributed by atoms with Gasteiger partial charge in [-0.2, -0.15) is 5.26 Å². The van der Waals surface area contributed by atoms with Crippen LogP contribution < -0.4 is 20.5 Å². The van der Waals surface area contributed by atoms with E-state index in [1.807, 2.05) is 6.07 Å². The van der Waals surface area contributed by atoms with Crippen molar-refractivity contribution in [2.75, 3.05) is 11.9 Å². The number of primary amides is 1. The molecule has 2 amide bonds. The fraction of sp³-hybridized carbons (Fsp3) is 0.0455. The number of benzene rings is 3. The van der Waals surface area contributed by atoms with Gasteiger partial charge in [0.25, 0.3) is 5.91 Å². The lowest BCUT2D eigenvalue weighted by Gasteiger charge is -2.12. The minimum atomic E-state index is -0.631. The molecular weight excluding hydrogens is 477 g/mol. The van der Waals surface area contributed by atoms with Gasteiger partial charge in [-0.3, -0.25) is 9.59 Å². The molecule has 0 heterocycles.